The van der Waals surface area contributed by atoms with Gasteiger partial charge in [0.05, 0.1) is 12.3 Å². The molecule has 16 heavy (non-hydrogen) atoms. The van der Waals surface area contributed by atoms with Crippen molar-refractivity contribution in [3.8, 4) is 0 Å². The second-order valence-electron chi connectivity index (χ2n) is 3.80. The molecule has 0 aliphatic heterocycles. The van der Waals surface area contributed by atoms with Gasteiger partial charge in [0.25, 0.3) is 0 Å². The molecule has 0 spiro atoms. The van der Waals surface area contributed by atoms with Crippen LogP contribution in [0.3, 0.4) is 0 Å². The highest BCUT2D eigenvalue weighted by Gasteiger charge is 2.12. The molecule has 0 fully saturated rings. The molecule has 2 nitrogen and oxygen atoms in total. The molecule has 0 aliphatic rings. The van der Waals surface area contributed by atoms with Gasteiger partial charge in [-0.05, 0) is 53.9 Å². The topological polar surface area (TPSA) is 25.2 Å². The third-order valence-corrected chi connectivity index (χ3v) is 3.37. The molecule has 0 aromatic carbocycles. The molecule has 2 rings (SSSR count). The number of nitrogens with one attached hydrogen (secondary N) is 1. The fourth-order valence-corrected chi connectivity index (χ4v) is 2.53. The molecular weight excluding hydrogens is 218 g/mol. The van der Waals surface area contributed by atoms with Crippen LogP contribution < -0.4 is 5.32 Å². The molecule has 0 radical (unpaired) electrons. The lowest BCUT2D eigenvalue weighted by molar-refractivity contribution is 0.402. The Morgan fingerprint density at radius 3 is 3.00 bits per heavy atom. The van der Waals surface area contributed by atoms with Crippen LogP contribution >= 0.6 is 11.3 Å². The van der Waals surface area contributed by atoms with E-state index in [1.807, 2.05) is 12.1 Å². The fraction of sp³-hybridized carbons (Fsp3) is 0.385. The first-order valence-corrected chi connectivity index (χ1v) is 6.62. The molecule has 2 aromatic rings. The van der Waals surface area contributed by atoms with E-state index in [4.69, 9.17) is 4.42 Å². The van der Waals surface area contributed by atoms with Gasteiger partial charge in [0.2, 0.25) is 0 Å². The average Bonchev–Trinajstić information content (AvgIpc) is 2.96. The minimum atomic E-state index is 0.333. The molecule has 0 amide bonds. The van der Waals surface area contributed by atoms with Gasteiger partial charge in [-0.2, -0.15) is 11.3 Å². The third kappa shape index (κ3) is 2.97. The predicted octanol–water partition coefficient (Wildman–Crippen LogP) is 3.62. The summed E-state index contributed by atoms with van der Waals surface area (Å²) in [5.41, 5.74) is 1.42. The third-order valence-electron chi connectivity index (χ3n) is 2.64. The molecule has 0 saturated carbocycles. The Balaban J connectivity index is 1.93. The van der Waals surface area contributed by atoms with Gasteiger partial charge in [-0.15, -0.1) is 0 Å². The van der Waals surface area contributed by atoms with E-state index in [-0.39, 0.29) is 0 Å². The first-order chi connectivity index (χ1) is 7.90. The molecule has 86 valence electrons. The Kier molecular flexibility index (Phi) is 4.19. The fourth-order valence-electron chi connectivity index (χ4n) is 1.83. The van der Waals surface area contributed by atoms with Crippen molar-refractivity contribution in [2.24, 2.45) is 0 Å². The van der Waals surface area contributed by atoms with E-state index in [0.717, 1.165) is 25.1 Å². The number of furan rings is 1. The Morgan fingerprint density at radius 1 is 1.44 bits per heavy atom. The molecule has 1 unspecified atom stereocenters. The highest BCUT2D eigenvalue weighted by Crippen LogP contribution is 2.20. The predicted molar refractivity (Wildman–Crippen MR) is 67.8 cm³/mol. The van der Waals surface area contributed by atoms with Crippen molar-refractivity contribution < 1.29 is 4.42 Å². The van der Waals surface area contributed by atoms with Gasteiger partial charge in [0.1, 0.15) is 5.76 Å². The lowest BCUT2D eigenvalue weighted by Crippen LogP contribution is -2.20. The maximum atomic E-state index is 5.46. The number of rotatable bonds is 6. The minimum absolute atomic E-state index is 0.333. The van der Waals surface area contributed by atoms with E-state index >= 15 is 0 Å². The molecule has 0 aliphatic carbocycles. The zero-order chi connectivity index (χ0) is 11.2. The van der Waals surface area contributed by atoms with Crippen LogP contribution in [0.25, 0.3) is 0 Å². The van der Waals surface area contributed by atoms with Crippen molar-refractivity contribution in [1.82, 2.24) is 5.32 Å². The van der Waals surface area contributed by atoms with Crippen LogP contribution in [0.15, 0.2) is 39.6 Å². The quantitative estimate of drug-likeness (QED) is 0.827. The molecular formula is C13H17NOS. The molecule has 1 N–H and O–H groups in total. The first kappa shape index (κ1) is 11.4. The van der Waals surface area contributed by atoms with Gasteiger partial charge in [0.15, 0.2) is 0 Å². The zero-order valence-corrected chi connectivity index (χ0v) is 10.3. The summed E-state index contributed by atoms with van der Waals surface area (Å²) in [4.78, 5) is 0. The van der Waals surface area contributed by atoms with Crippen LogP contribution in [0, 0.1) is 0 Å². The summed E-state index contributed by atoms with van der Waals surface area (Å²) in [6.07, 6.45) is 3.92. The van der Waals surface area contributed by atoms with Crippen molar-refractivity contribution in [2.75, 3.05) is 6.54 Å². The van der Waals surface area contributed by atoms with Crippen molar-refractivity contribution in [1.29, 1.82) is 0 Å². The smallest absolute Gasteiger partial charge is 0.120 e. The minimum Gasteiger partial charge on any atom is -0.468 e. The zero-order valence-electron chi connectivity index (χ0n) is 9.48. The average molecular weight is 235 g/mol. The van der Waals surface area contributed by atoms with E-state index in [9.17, 15) is 0 Å². The largest absolute Gasteiger partial charge is 0.468 e. The molecule has 0 bridgehead atoms. The van der Waals surface area contributed by atoms with Crippen molar-refractivity contribution in [3.05, 3.63) is 46.5 Å². The van der Waals surface area contributed by atoms with Crippen LogP contribution in [0.5, 0.6) is 0 Å². The van der Waals surface area contributed by atoms with E-state index in [1.165, 1.54) is 5.56 Å². The van der Waals surface area contributed by atoms with Crippen molar-refractivity contribution >= 4 is 11.3 Å². The molecule has 1 atom stereocenters. The summed E-state index contributed by atoms with van der Waals surface area (Å²) in [7, 11) is 0. The molecule has 2 aromatic heterocycles. The normalized spacial score (nSPS) is 12.8. The maximum Gasteiger partial charge on any atom is 0.120 e. The number of hydrogen-bond donors (Lipinski definition) is 1. The van der Waals surface area contributed by atoms with Crippen LogP contribution in [-0.4, -0.2) is 6.54 Å². The van der Waals surface area contributed by atoms with Crippen molar-refractivity contribution in [2.45, 2.75) is 25.8 Å². The number of aryl methyl sites for hydroxylation is 1. The second-order valence-corrected chi connectivity index (χ2v) is 4.58. The van der Waals surface area contributed by atoms with Gasteiger partial charge >= 0.3 is 0 Å². The Morgan fingerprint density at radius 2 is 2.38 bits per heavy atom. The lowest BCUT2D eigenvalue weighted by atomic mass is 10.1. The highest BCUT2D eigenvalue weighted by atomic mass is 32.1. The highest BCUT2D eigenvalue weighted by molar-refractivity contribution is 7.07. The summed E-state index contributed by atoms with van der Waals surface area (Å²) in [6.45, 7) is 3.09. The Bertz CT molecular complexity index is 380. The van der Waals surface area contributed by atoms with Gasteiger partial charge in [-0.3, -0.25) is 0 Å². The number of thiophene rings is 1. The summed E-state index contributed by atoms with van der Waals surface area (Å²) in [6, 6.07) is 6.51. The monoisotopic (exact) mass is 235 g/mol. The Hall–Kier alpha value is -1.06. The molecule has 0 saturated heterocycles. The SMILES string of the molecule is CCNC(CCc1ccsc1)c1ccco1. The van der Waals surface area contributed by atoms with Crippen LogP contribution in [-0.2, 0) is 6.42 Å². The van der Waals surface area contributed by atoms with Gasteiger partial charge in [-0.1, -0.05) is 6.92 Å². The maximum absolute atomic E-state index is 5.46. The van der Waals surface area contributed by atoms with E-state index in [1.54, 1.807) is 17.6 Å². The van der Waals surface area contributed by atoms with Crippen molar-refractivity contribution in [3.63, 3.8) is 0 Å². The van der Waals surface area contributed by atoms with Gasteiger partial charge in [0, 0.05) is 0 Å². The standard InChI is InChI=1S/C13H17NOS/c1-2-14-12(13-4-3-8-15-13)6-5-11-7-9-16-10-11/h3-4,7-10,12,14H,2,5-6H2,1H3. The Labute approximate surface area is 100 Å². The summed E-state index contributed by atoms with van der Waals surface area (Å²) in [5, 5.41) is 7.80. The molecule has 2 heterocycles. The molecule has 3 heteroatoms. The van der Waals surface area contributed by atoms with Crippen LogP contribution in [0.4, 0.5) is 0 Å². The summed E-state index contributed by atoms with van der Waals surface area (Å²) >= 11 is 1.76. The summed E-state index contributed by atoms with van der Waals surface area (Å²) < 4.78 is 5.46. The van der Waals surface area contributed by atoms with E-state index in [0.29, 0.717) is 6.04 Å². The first-order valence-electron chi connectivity index (χ1n) is 5.68. The van der Waals surface area contributed by atoms with Crippen LogP contribution in [0.2, 0.25) is 0 Å². The van der Waals surface area contributed by atoms with Crippen LogP contribution in [0.1, 0.15) is 30.7 Å². The second kappa shape index (κ2) is 5.87. The summed E-state index contributed by atoms with van der Waals surface area (Å²) in [5.74, 6) is 1.04. The van der Waals surface area contributed by atoms with E-state index in [2.05, 4.69) is 29.1 Å². The number of hydrogen-bond acceptors (Lipinski definition) is 3. The lowest BCUT2D eigenvalue weighted by Gasteiger charge is -2.14. The van der Waals surface area contributed by atoms with E-state index < -0.39 is 0 Å². The van der Waals surface area contributed by atoms with Gasteiger partial charge in [-0.25, -0.2) is 0 Å². The van der Waals surface area contributed by atoms with Gasteiger partial charge < -0.3 is 9.73 Å².